The molecule has 7 rings (SSSR count). The van der Waals surface area contributed by atoms with Crippen LogP contribution in [0.3, 0.4) is 0 Å². The lowest BCUT2D eigenvalue weighted by Crippen LogP contribution is -2.48. The highest BCUT2D eigenvalue weighted by Crippen LogP contribution is 2.55. The Bertz CT molecular complexity index is 1380. The zero-order valence-corrected chi connectivity index (χ0v) is 23.1. The normalized spacial score (nSPS) is 25.3. The number of pyridine rings is 1. The second-order valence-electron chi connectivity index (χ2n) is 11.6. The van der Waals surface area contributed by atoms with E-state index in [0.717, 1.165) is 61.0 Å². The molecule has 0 atom stereocenters. The molecule has 38 heavy (non-hydrogen) atoms. The highest BCUT2D eigenvalue weighted by molar-refractivity contribution is 6.39. The molecule has 0 radical (unpaired) electrons. The van der Waals surface area contributed by atoms with Crippen molar-refractivity contribution in [2.45, 2.75) is 69.3 Å². The van der Waals surface area contributed by atoms with Crippen molar-refractivity contribution >= 4 is 35.2 Å². The zero-order chi connectivity index (χ0) is 26.7. The number of nitrogens with two attached hydrogens (primary N) is 1. The number of nitrogens with zero attached hydrogens (tertiary/aromatic N) is 2. The second kappa shape index (κ2) is 9.22. The number of ether oxygens (including phenoxy) is 1. The van der Waals surface area contributed by atoms with Gasteiger partial charge in [0, 0.05) is 34.9 Å². The van der Waals surface area contributed by atoms with E-state index in [-0.39, 0.29) is 16.9 Å². The van der Waals surface area contributed by atoms with Crippen LogP contribution < -0.4 is 5.73 Å². The number of halogens is 2. The van der Waals surface area contributed by atoms with E-state index in [4.69, 9.17) is 38.2 Å². The minimum atomic E-state index is -0.707. The fourth-order valence-corrected chi connectivity index (χ4v) is 6.37. The van der Waals surface area contributed by atoms with Crippen LogP contribution in [0.1, 0.15) is 80.7 Å². The van der Waals surface area contributed by atoms with Gasteiger partial charge in [0.05, 0.1) is 27.7 Å². The van der Waals surface area contributed by atoms with Gasteiger partial charge < -0.3 is 15.0 Å². The summed E-state index contributed by atoms with van der Waals surface area (Å²) in [6, 6.07) is 8.22. The lowest BCUT2D eigenvalue weighted by atomic mass is 9.64. The van der Waals surface area contributed by atoms with Gasteiger partial charge >= 0.3 is 0 Å². The largest absolute Gasteiger partial charge is 0.369 e. The van der Waals surface area contributed by atoms with Crippen molar-refractivity contribution < 1.29 is 14.1 Å². The summed E-state index contributed by atoms with van der Waals surface area (Å²) >= 11 is 13.0. The van der Waals surface area contributed by atoms with Crippen molar-refractivity contribution in [3.05, 3.63) is 75.2 Å². The number of benzene rings is 1. The van der Waals surface area contributed by atoms with E-state index in [1.54, 1.807) is 12.4 Å². The van der Waals surface area contributed by atoms with Crippen LogP contribution in [0.5, 0.6) is 0 Å². The van der Waals surface area contributed by atoms with Gasteiger partial charge in [-0.3, -0.25) is 9.78 Å². The Kier molecular flexibility index (Phi) is 6.21. The molecule has 2 aliphatic heterocycles. The summed E-state index contributed by atoms with van der Waals surface area (Å²) in [6.45, 7) is 4.36. The molecule has 4 fully saturated rings. The van der Waals surface area contributed by atoms with E-state index < -0.39 is 5.41 Å². The summed E-state index contributed by atoms with van der Waals surface area (Å²) in [7, 11) is 0. The number of hydrogen-bond acceptors (Lipinski definition) is 5. The smallest absolute Gasteiger partial charge is 0.227 e. The predicted octanol–water partition coefficient (Wildman–Crippen LogP) is 7.18. The Morgan fingerprint density at radius 3 is 2.29 bits per heavy atom. The van der Waals surface area contributed by atoms with Crippen molar-refractivity contribution in [1.29, 1.82) is 0 Å². The van der Waals surface area contributed by atoms with Crippen LogP contribution in [0.15, 0.2) is 47.3 Å². The minimum Gasteiger partial charge on any atom is -0.369 e. The van der Waals surface area contributed by atoms with E-state index in [0.29, 0.717) is 33.8 Å². The Labute approximate surface area is 232 Å². The summed E-state index contributed by atoms with van der Waals surface area (Å²) < 4.78 is 12.4. The monoisotopic (exact) mass is 551 g/mol. The first-order valence-electron chi connectivity index (χ1n) is 13.2. The number of aromatic nitrogens is 2. The number of fused-ring (bicyclic) bond motifs is 3. The van der Waals surface area contributed by atoms with Gasteiger partial charge in [-0.25, -0.2) is 0 Å². The van der Waals surface area contributed by atoms with Crippen molar-refractivity contribution in [3.8, 4) is 11.3 Å². The first kappa shape index (κ1) is 25.6. The molecular formula is C30H31Cl2N3O3. The summed E-state index contributed by atoms with van der Waals surface area (Å²) in [5.74, 6) is 0.954. The van der Waals surface area contributed by atoms with Gasteiger partial charge in [0.2, 0.25) is 5.91 Å². The molecule has 1 amide bonds. The first-order valence-corrected chi connectivity index (χ1v) is 13.9. The molecular weight excluding hydrogens is 521 g/mol. The molecule has 4 aliphatic rings. The highest BCUT2D eigenvalue weighted by Gasteiger charge is 2.49. The van der Waals surface area contributed by atoms with E-state index in [9.17, 15) is 4.79 Å². The molecule has 3 aromatic rings. The third kappa shape index (κ3) is 4.27. The Balaban J connectivity index is 1.25. The maximum atomic E-state index is 11.9. The maximum Gasteiger partial charge on any atom is 0.227 e. The van der Waals surface area contributed by atoms with Gasteiger partial charge in [0.1, 0.15) is 11.5 Å². The van der Waals surface area contributed by atoms with Gasteiger partial charge in [-0.1, -0.05) is 64.8 Å². The van der Waals surface area contributed by atoms with Gasteiger partial charge in [0.15, 0.2) is 0 Å². The van der Waals surface area contributed by atoms with Crippen LogP contribution >= 0.6 is 23.2 Å². The molecule has 8 heteroatoms. The third-order valence-electron chi connectivity index (χ3n) is 8.84. The van der Waals surface area contributed by atoms with Crippen LogP contribution in [0.2, 0.25) is 10.0 Å². The van der Waals surface area contributed by atoms with Crippen LogP contribution in [0.25, 0.3) is 17.3 Å². The molecule has 2 saturated carbocycles. The second-order valence-corrected chi connectivity index (χ2v) is 12.4. The van der Waals surface area contributed by atoms with Gasteiger partial charge in [-0.2, -0.15) is 0 Å². The number of amides is 1. The topological polar surface area (TPSA) is 91.2 Å². The average Bonchev–Trinajstić information content (AvgIpc) is 3.68. The fourth-order valence-electron chi connectivity index (χ4n) is 5.83. The molecule has 4 heterocycles. The van der Waals surface area contributed by atoms with Gasteiger partial charge in [-0.15, -0.1) is 0 Å². The predicted molar refractivity (Wildman–Crippen MR) is 148 cm³/mol. The Morgan fingerprint density at radius 2 is 1.74 bits per heavy atom. The number of hydrogen-bond donors (Lipinski definition) is 1. The maximum absolute atomic E-state index is 11.9. The van der Waals surface area contributed by atoms with Crippen molar-refractivity contribution in [3.63, 3.8) is 0 Å². The van der Waals surface area contributed by atoms with Gasteiger partial charge in [-0.05, 0) is 63.5 Å². The summed E-state index contributed by atoms with van der Waals surface area (Å²) in [4.78, 5) is 16.0. The summed E-state index contributed by atoms with van der Waals surface area (Å²) in [6.07, 6.45) is 13.7. The lowest BCUT2D eigenvalue weighted by molar-refractivity contribution is -0.173. The number of primary amides is 1. The zero-order valence-electron chi connectivity index (χ0n) is 21.6. The Morgan fingerprint density at radius 1 is 1.08 bits per heavy atom. The molecule has 2 N–H and O–H groups in total. The van der Waals surface area contributed by atoms with Crippen LogP contribution in [-0.2, 0) is 20.5 Å². The summed E-state index contributed by atoms with van der Waals surface area (Å²) in [5.41, 5.74) is 8.92. The first-order chi connectivity index (χ1) is 18.1. The minimum absolute atomic E-state index is 0.0448. The van der Waals surface area contributed by atoms with E-state index in [1.807, 2.05) is 26.0 Å². The van der Waals surface area contributed by atoms with Crippen molar-refractivity contribution in [2.24, 2.45) is 11.1 Å². The molecule has 2 saturated heterocycles. The molecule has 198 valence electrons. The van der Waals surface area contributed by atoms with E-state index in [1.165, 1.54) is 0 Å². The lowest BCUT2D eigenvalue weighted by Gasteiger charge is -2.52. The standard InChI is InChI=1S/C30H31Cl2N3O3/c1-28(2,27(33)36)19-5-7-20(8-6-19)30-13-11-29(12-14-30,17-37-30)10-9-21-25(35-38-26(21)18-3-4-18)24-22(31)15-34-16-23(24)32/h5-10,15-16,18H,3-4,11-14,17H2,1-2H3,(H2,33,36). The third-order valence-corrected chi connectivity index (χ3v) is 9.41. The molecule has 2 aliphatic carbocycles. The summed E-state index contributed by atoms with van der Waals surface area (Å²) in [5, 5.41) is 5.30. The van der Waals surface area contributed by atoms with E-state index in [2.05, 4.69) is 34.4 Å². The quantitative estimate of drug-likeness (QED) is 0.335. The van der Waals surface area contributed by atoms with Crippen molar-refractivity contribution in [1.82, 2.24) is 10.1 Å². The SMILES string of the molecule is CC(C)(C(N)=O)c1ccc(C23CCC(C=Cc4c(-c5c(Cl)cncc5Cl)noc4C4CC4)(CC2)CO3)cc1. The van der Waals surface area contributed by atoms with Gasteiger partial charge in [0.25, 0.3) is 0 Å². The number of carbonyl (C=O) groups excluding carboxylic acids is 1. The van der Waals surface area contributed by atoms with E-state index >= 15 is 0 Å². The number of carbonyl (C=O) groups is 1. The number of rotatable bonds is 7. The van der Waals surface area contributed by atoms with Crippen LogP contribution in [-0.4, -0.2) is 22.7 Å². The highest BCUT2D eigenvalue weighted by atomic mass is 35.5. The Hall–Kier alpha value is -2.67. The van der Waals surface area contributed by atoms with Crippen LogP contribution in [0, 0.1) is 5.41 Å². The molecule has 2 aromatic heterocycles. The molecule has 1 aromatic carbocycles. The molecule has 0 spiro atoms. The van der Waals surface area contributed by atoms with Crippen LogP contribution in [0.4, 0.5) is 0 Å². The molecule has 6 nitrogen and oxygen atoms in total. The average molecular weight is 553 g/mol. The fraction of sp³-hybridized carbons (Fsp3) is 0.433. The molecule has 0 unspecified atom stereocenters. The van der Waals surface area contributed by atoms with Crippen molar-refractivity contribution in [2.75, 3.05) is 6.61 Å². The molecule has 2 bridgehead atoms.